The van der Waals surface area contributed by atoms with Gasteiger partial charge in [-0.3, -0.25) is 4.79 Å². The van der Waals surface area contributed by atoms with Gasteiger partial charge in [-0.05, 0) is 11.1 Å². The van der Waals surface area contributed by atoms with Gasteiger partial charge in [0.2, 0.25) is 5.91 Å². The van der Waals surface area contributed by atoms with Crippen LogP contribution in [0.4, 0.5) is 0 Å². The summed E-state index contributed by atoms with van der Waals surface area (Å²) in [6, 6.07) is 20.4. The lowest BCUT2D eigenvalue weighted by molar-refractivity contribution is -0.131. The van der Waals surface area contributed by atoms with E-state index in [0.29, 0.717) is 26.3 Å². The van der Waals surface area contributed by atoms with Crippen LogP contribution in [-0.4, -0.2) is 30.7 Å². The van der Waals surface area contributed by atoms with E-state index < -0.39 is 0 Å². The molecule has 0 spiro atoms. The van der Waals surface area contributed by atoms with Gasteiger partial charge in [-0.15, -0.1) is 0 Å². The van der Waals surface area contributed by atoms with Crippen molar-refractivity contribution in [1.29, 1.82) is 0 Å². The lowest BCUT2D eigenvalue weighted by Gasteiger charge is -2.21. The van der Waals surface area contributed by atoms with Gasteiger partial charge in [-0.25, -0.2) is 0 Å². The van der Waals surface area contributed by atoms with Gasteiger partial charge in [-0.2, -0.15) is 0 Å². The summed E-state index contributed by atoms with van der Waals surface area (Å²) in [6.07, 6.45) is 0.484. The normalized spacial score (nSPS) is 14.6. The lowest BCUT2D eigenvalue weighted by atomic mass is 9.88. The molecule has 3 nitrogen and oxygen atoms in total. The zero-order valence-electron chi connectivity index (χ0n) is 11.9. The molecule has 1 aliphatic heterocycles. The Hall–Kier alpha value is -2.13. The van der Waals surface area contributed by atoms with Crippen LogP contribution in [0.5, 0.6) is 0 Å². The molecule has 0 aromatic heterocycles. The van der Waals surface area contributed by atoms with Crippen LogP contribution in [0.3, 0.4) is 0 Å². The maximum atomic E-state index is 12.4. The number of hydrogen-bond donors (Lipinski definition) is 0. The van der Waals surface area contributed by atoms with Crippen LogP contribution in [0.25, 0.3) is 0 Å². The molecule has 2 aromatic carbocycles. The third kappa shape index (κ3) is 3.31. The highest BCUT2D eigenvalue weighted by Crippen LogP contribution is 2.28. The minimum atomic E-state index is 0.0977. The molecular weight excluding hydrogens is 262 g/mol. The number of benzene rings is 2. The molecule has 0 N–H and O–H groups in total. The summed E-state index contributed by atoms with van der Waals surface area (Å²) in [4.78, 5) is 14.2. The molecule has 3 rings (SSSR count). The van der Waals surface area contributed by atoms with Gasteiger partial charge < -0.3 is 9.64 Å². The van der Waals surface area contributed by atoms with Crippen LogP contribution in [0.15, 0.2) is 60.7 Å². The van der Waals surface area contributed by atoms with Crippen molar-refractivity contribution in [2.24, 2.45) is 0 Å². The topological polar surface area (TPSA) is 29.5 Å². The van der Waals surface area contributed by atoms with E-state index in [2.05, 4.69) is 24.3 Å². The van der Waals surface area contributed by atoms with Crippen molar-refractivity contribution in [3.05, 3.63) is 71.8 Å². The zero-order chi connectivity index (χ0) is 14.5. The number of carbonyl (C=O) groups is 1. The van der Waals surface area contributed by atoms with Crippen LogP contribution in [0.1, 0.15) is 23.5 Å². The first-order valence-corrected chi connectivity index (χ1v) is 7.30. The molecule has 1 fully saturated rings. The summed E-state index contributed by atoms with van der Waals surface area (Å²) >= 11 is 0. The Morgan fingerprint density at radius 2 is 1.57 bits per heavy atom. The molecule has 1 heterocycles. The molecule has 0 unspecified atom stereocenters. The summed E-state index contributed by atoms with van der Waals surface area (Å²) in [5.74, 6) is 0.255. The van der Waals surface area contributed by atoms with Crippen molar-refractivity contribution in [3.8, 4) is 0 Å². The summed E-state index contributed by atoms with van der Waals surface area (Å²) in [6.45, 7) is 1.78. The Kier molecular flexibility index (Phi) is 4.31. The number of ether oxygens (including phenoxy) is 1. The highest BCUT2D eigenvalue weighted by Gasteiger charge is 2.24. The Morgan fingerprint density at radius 3 is 2.05 bits per heavy atom. The molecule has 0 bridgehead atoms. The fourth-order valence-corrected chi connectivity index (χ4v) is 2.71. The Morgan fingerprint density at radius 1 is 1.00 bits per heavy atom. The number of nitrogens with zero attached hydrogens (tertiary/aromatic N) is 1. The smallest absolute Gasteiger partial charge is 0.225 e. The molecule has 0 atom stereocenters. The van der Waals surface area contributed by atoms with Crippen molar-refractivity contribution in [2.75, 3.05) is 19.9 Å². The van der Waals surface area contributed by atoms with Crippen LogP contribution in [-0.2, 0) is 9.53 Å². The van der Waals surface area contributed by atoms with Crippen LogP contribution in [0, 0.1) is 0 Å². The Bertz CT molecular complexity index is 537. The van der Waals surface area contributed by atoms with E-state index in [1.807, 2.05) is 36.4 Å². The van der Waals surface area contributed by atoms with E-state index in [0.717, 1.165) is 0 Å². The van der Waals surface area contributed by atoms with Gasteiger partial charge in [0.15, 0.2) is 0 Å². The van der Waals surface area contributed by atoms with E-state index in [-0.39, 0.29) is 11.8 Å². The predicted octanol–water partition coefficient (Wildman–Crippen LogP) is 3.02. The van der Waals surface area contributed by atoms with E-state index in [1.165, 1.54) is 11.1 Å². The van der Waals surface area contributed by atoms with Crippen molar-refractivity contribution in [2.45, 2.75) is 12.3 Å². The summed E-state index contributed by atoms with van der Waals surface area (Å²) < 4.78 is 5.28. The molecule has 0 saturated carbocycles. The first kappa shape index (κ1) is 13.8. The molecule has 1 saturated heterocycles. The number of carbonyl (C=O) groups excluding carboxylic acids is 1. The average molecular weight is 281 g/mol. The van der Waals surface area contributed by atoms with Crippen molar-refractivity contribution < 1.29 is 9.53 Å². The molecule has 0 aliphatic carbocycles. The molecule has 3 heteroatoms. The largest absolute Gasteiger partial charge is 0.359 e. The second kappa shape index (κ2) is 6.55. The predicted molar refractivity (Wildman–Crippen MR) is 81.9 cm³/mol. The van der Waals surface area contributed by atoms with Gasteiger partial charge in [0.1, 0.15) is 6.73 Å². The first-order chi connectivity index (χ1) is 10.3. The maximum Gasteiger partial charge on any atom is 0.225 e. The second-order valence-corrected chi connectivity index (χ2v) is 5.27. The molecular formula is C18H19NO2. The summed E-state index contributed by atoms with van der Waals surface area (Å²) in [5, 5.41) is 0. The fourth-order valence-electron chi connectivity index (χ4n) is 2.71. The Labute approximate surface area is 125 Å². The minimum Gasteiger partial charge on any atom is -0.359 e. The summed E-state index contributed by atoms with van der Waals surface area (Å²) in [7, 11) is 0. The van der Waals surface area contributed by atoms with Crippen molar-refractivity contribution >= 4 is 5.91 Å². The van der Waals surface area contributed by atoms with E-state index in [1.54, 1.807) is 4.90 Å². The molecule has 1 amide bonds. The van der Waals surface area contributed by atoms with Gasteiger partial charge in [0, 0.05) is 18.9 Å². The zero-order valence-corrected chi connectivity index (χ0v) is 11.9. The van der Waals surface area contributed by atoms with Crippen molar-refractivity contribution in [1.82, 2.24) is 4.90 Å². The maximum absolute atomic E-state index is 12.4. The third-order valence-corrected chi connectivity index (χ3v) is 3.89. The third-order valence-electron chi connectivity index (χ3n) is 3.89. The second-order valence-electron chi connectivity index (χ2n) is 5.27. The number of rotatable bonds is 4. The van der Waals surface area contributed by atoms with Crippen LogP contribution in [0.2, 0.25) is 0 Å². The van der Waals surface area contributed by atoms with Crippen LogP contribution >= 0.6 is 0 Å². The van der Waals surface area contributed by atoms with E-state index >= 15 is 0 Å². The highest BCUT2D eigenvalue weighted by molar-refractivity contribution is 5.77. The SMILES string of the molecule is O=C(CC(c1ccccc1)c1ccccc1)N1CCOC1. The fraction of sp³-hybridized carbons (Fsp3) is 0.278. The van der Waals surface area contributed by atoms with E-state index in [9.17, 15) is 4.79 Å². The highest BCUT2D eigenvalue weighted by atomic mass is 16.5. The van der Waals surface area contributed by atoms with E-state index in [4.69, 9.17) is 4.74 Å². The standard InChI is InChI=1S/C18H19NO2/c20-18(19-11-12-21-14-19)13-17(15-7-3-1-4-8-15)16-9-5-2-6-10-16/h1-10,17H,11-14H2. The molecule has 1 aliphatic rings. The summed E-state index contributed by atoms with van der Waals surface area (Å²) in [5.41, 5.74) is 2.36. The number of hydrogen-bond acceptors (Lipinski definition) is 2. The average Bonchev–Trinajstić information content (AvgIpc) is 3.09. The van der Waals surface area contributed by atoms with Gasteiger partial charge in [0.05, 0.1) is 6.61 Å². The molecule has 2 aromatic rings. The van der Waals surface area contributed by atoms with Crippen molar-refractivity contribution in [3.63, 3.8) is 0 Å². The van der Waals surface area contributed by atoms with Crippen LogP contribution < -0.4 is 0 Å². The monoisotopic (exact) mass is 281 g/mol. The quantitative estimate of drug-likeness (QED) is 0.862. The van der Waals surface area contributed by atoms with Gasteiger partial charge in [0.25, 0.3) is 0 Å². The molecule has 21 heavy (non-hydrogen) atoms. The van der Waals surface area contributed by atoms with Gasteiger partial charge >= 0.3 is 0 Å². The number of amides is 1. The Balaban J connectivity index is 1.84. The molecule has 108 valence electrons. The molecule has 0 radical (unpaired) electrons. The minimum absolute atomic E-state index is 0.0977. The lowest BCUT2D eigenvalue weighted by Crippen LogP contribution is -2.29. The first-order valence-electron chi connectivity index (χ1n) is 7.30. The van der Waals surface area contributed by atoms with Gasteiger partial charge in [-0.1, -0.05) is 60.7 Å².